The predicted molar refractivity (Wildman–Crippen MR) is 107 cm³/mol. The lowest BCUT2D eigenvalue weighted by molar-refractivity contribution is 0.121. The van der Waals surface area contributed by atoms with Crippen LogP contribution in [0, 0.1) is 0 Å². The fraction of sp³-hybridized carbons (Fsp3) is 0.706. The lowest BCUT2D eigenvalue weighted by atomic mass is 10.1. The zero-order valence-corrected chi connectivity index (χ0v) is 18.2. The van der Waals surface area contributed by atoms with E-state index in [4.69, 9.17) is 9.79 Å². The van der Waals surface area contributed by atoms with Crippen LogP contribution >= 0.6 is 7.82 Å². The van der Waals surface area contributed by atoms with Crippen molar-refractivity contribution in [3.63, 3.8) is 0 Å². The molecule has 1 heterocycles. The van der Waals surface area contributed by atoms with E-state index < -0.39 is 30.0 Å². The van der Waals surface area contributed by atoms with E-state index in [1.165, 1.54) is 19.3 Å². The van der Waals surface area contributed by atoms with Gasteiger partial charge >= 0.3 is 7.82 Å². The van der Waals surface area contributed by atoms with Crippen LogP contribution in [0.4, 0.5) is 0 Å². The SMILES string of the molecule is CC.CCCCCCCS(=O)(=O)NC(c1cccnc1)C(C)OP(=O)(O)O. The van der Waals surface area contributed by atoms with E-state index in [0.717, 1.165) is 25.7 Å². The molecule has 27 heavy (non-hydrogen) atoms. The molecule has 0 fully saturated rings. The van der Waals surface area contributed by atoms with Gasteiger partial charge in [-0.2, -0.15) is 0 Å². The van der Waals surface area contributed by atoms with Gasteiger partial charge in [0.2, 0.25) is 10.0 Å². The van der Waals surface area contributed by atoms with Crippen molar-refractivity contribution >= 4 is 17.8 Å². The maximum atomic E-state index is 12.3. The first-order chi connectivity index (χ1) is 12.6. The Hall–Kier alpha value is -0.830. The van der Waals surface area contributed by atoms with Gasteiger partial charge in [-0.05, 0) is 25.0 Å². The molecule has 10 heteroatoms. The number of hydrogen-bond donors (Lipinski definition) is 3. The number of nitrogens with zero attached hydrogens (tertiary/aromatic N) is 1. The van der Waals surface area contributed by atoms with Crippen molar-refractivity contribution in [1.82, 2.24) is 9.71 Å². The number of phosphoric ester groups is 1. The highest BCUT2D eigenvalue weighted by Gasteiger charge is 2.30. The summed E-state index contributed by atoms with van der Waals surface area (Å²) >= 11 is 0. The van der Waals surface area contributed by atoms with Gasteiger partial charge < -0.3 is 9.79 Å². The number of phosphoric acid groups is 1. The fourth-order valence-corrected chi connectivity index (χ4v) is 4.39. The second-order valence-electron chi connectivity index (χ2n) is 5.92. The summed E-state index contributed by atoms with van der Waals surface area (Å²) in [4.78, 5) is 21.9. The molecule has 0 aromatic carbocycles. The van der Waals surface area contributed by atoms with Crippen LogP contribution in [-0.2, 0) is 19.1 Å². The molecule has 0 radical (unpaired) electrons. The molecular weight excluding hydrogens is 391 g/mol. The number of unbranched alkanes of at least 4 members (excludes halogenated alkanes) is 4. The van der Waals surface area contributed by atoms with Crippen LogP contribution in [0.2, 0.25) is 0 Å². The van der Waals surface area contributed by atoms with Gasteiger partial charge in [0.25, 0.3) is 0 Å². The van der Waals surface area contributed by atoms with Crippen LogP contribution in [0.15, 0.2) is 24.5 Å². The first-order valence-electron chi connectivity index (χ1n) is 9.28. The van der Waals surface area contributed by atoms with Gasteiger partial charge in [-0.15, -0.1) is 0 Å². The highest BCUT2D eigenvalue weighted by Crippen LogP contribution is 2.40. The molecule has 2 unspecified atom stereocenters. The molecule has 0 saturated heterocycles. The summed E-state index contributed by atoms with van der Waals surface area (Å²) < 4.78 is 42.9. The Bertz CT molecular complexity index is 651. The number of pyridine rings is 1. The quantitative estimate of drug-likeness (QED) is 0.346. The number of nitrogens with one attached hydrogen (secondary N) is 1. The molecule has 1 aromatic heterocycles. The van der Waals surface area contributed by atoms with Gasteiger partial charge in [0.1, 0.15) is 0 Å². The topological polar surface area (TPSA) is 126 Å². The van der Waals surface area contributed by atoms with Crippen molar-refractivity contribution in [3.8, 4) is 0 Å². The summed E-state index contributed by atoms with van der Waals surface area (Å²) in [7, 11) is -8.38. The van der Waals surface area contributed by atoms with Crippen molar-refractivity contribution in [2.45, 2.75) is 71.9 Å². The predicted octanol–water partition coefficient (Wildman–Crippen LogP) is 3.54. The standard InChI is InChI=1S/C15H27N2O6PS.C2H6/c1-3-4-5-6-7-11-25(21,22)17-15(13(2)23-24(18,19)20)14-9-8-10-16-12-14;1-2/h8-10,12-13,15,17H,3-7,11H2,1-2H3,(H2,18,19,20);1-2H3. The van der Waals surface area contributed by atoms with Gasteiger partial charge in [0, 0.05) is 12.4 Å². The Kier molecular flexibility index (Phi) is 13.0. The molecule has 8 nitrogen and oxygen atoms in total. The lowest BCUT2D eigenvalue weighted by Crippen LogP contribution is -2.37. The Labute approximate surface area is 163 Å². The first kappa shape index (κ1) is 26.2. The van der Waals surface area contributed by atoms with Crippen LogP contribution in [0.1, 0.15) is 71.4 Å². The monoisotopic (exact) mass is 424 g/mol. The van der Waals surface area contributed by atoms with Gasteiger partial charge in [-0.3, -0.25) is 9.51 Å². The Morgan fingerprint density at radius 2 is 1.85 bits per heavy atom. The molecule has 0 spiro atoms. The van der Waals surface area contributed by atoms with Crippen molar-refractivity contribution in [1.29, 1.82) is 0 Å². The van der Waals surface area contributed by atoms with Crippen molar-refractivity contribution in [3.05, 3.63) is 30.1 Å². The van der Waals surface area contributed by atoms with Crippen molar-refractivity contribution in [2.75, 3.05) is 5.75 Å². The van der Waals surface area contributed by atoms with Crippen LogP contribution < -0.4 is 4.72 Å². The largest absolute Gasteiger partial charge is 0.469 e. The molecule has 0 aliphatic carbocycles. The van der Waals surface area contributed by atoms with Gasteiger partial charge in [0.15, 0.2) is 0 Å². The van der Waals surface area contributed by atoms with Crippen LogP contribution in [0.5, 0.6) is 0 Å². The molecule has 1 aromatic rings. The number of hydrogen-bond acceptors (Lipinski definition) is 5. The summed E-state index contributed by atoms with van der Waals surface area (Å²) in [5.41, 5.74) is 0.470. The van der Waals surface area contributed by atoms with Gasteiger partial charge in [-0.1, -0.05) is 52.5 Å². The third-order valence-electron chi connectivity index (χ3n) is 3.64. The smallest absolute Gasteiger partial charge is 0.303 e. The maximum Gasteiger partial charge on any atom is 0.469 e. The Morgan fingerprint density at radius 1 is 1.22 bits per heavy atom. The third-order valence-corrected chi connectivity index (χ3v) is 5.69. The van der Waals surface area contributed by atoms with E-state index in [-0.39, 0.29) is 5.75 Å². The molecule has 0 aliphatic rings. The van der Waals surface area contributed by atoms with E-state index >= 15 is 0 Å². The average molecular weight is 425 g/mol. The van der Waals surface area contributed by atoms with Gasteiger partial charge in [-0.25, -0.2) is 17.7 Å². The highest BCUT2D eigenvalue weighted by molar-refractivity contribution is 7.89. The molecule has 2 atom stereocenters. The second-order valence-corrected chi connectivity index (χ2v) is 8.98. The minimum Gasteiger partial charge on any atom is -0.303 e. The summed E-state index contributed by atoms with van der Waals surface area (Å²) in [6, 6.07) is 2.30. The maximum absolute atomic E-state index is 12.3. The number of aromatic nitrogens is 1. The minimum atomic E-state index is -4.75. The van der Waals surface area contributed by atoms with Crippen molar-refractivity contribution < 1.29 is 27.3 Å². The van der Waals surface area contributed by atoms with E-state index in [1.54, 1.807) is 12.1 Å². The molecule has 0 aliphatic heterocycles. The van der Waals surface area contributed by atoms with Crippen LogP contribution in [0.25, 0.3) is 0 Å². The Balaban J connectivity index is 0.00000326. The van der Waals surface area contributed by atoms with E-state index in [0.29, 0.717) is 12.0 Å². The third kappa shape index (κ3) is 12.3. The molecule has 158 valence electrons. The summed E-state index contributed by atoms with van der Waals surface area (Å²) in [6.45, 7) is 7.49. The Morgan fingerprint density at radius 3 is 2.37 bits per heavy atom. The van der Waals surface area contributed by atoms with E-state index in [1.807, 2.05) is 13.8 Å². The average Bonchev–Trinajstić information content (AvgIpc) is 2.60. The first-order valence-corrected chi connectivity index (χ1v) is 12.5. The summed E-state index contributed by atoms with van der Waals surface area (Å²) in [5, 5.41) is 0. The van der Waals surface area contributed by atoms with Crippen LogP contribution in [-0.4, -0.2) is 35.0 Å². The highest BCUT2D eigenvalue weighted by atomic mass is 32.2. The summed E-state index contributed by atoms with van der Waals surface area (Å²) in [5.74, 6) is -0.0455. The van der Waals surface area contributed by atoms with Gasteiger partial charge in [0.05, 0.1) is 17.9 Å². The number of sulfonamides is 1. The van der Waals surface area contributed by atoms with E-state index in [9.17, 15) is 13.0 Å². The van der Waals surface area contributed by atoms with Crippen LogP contribution in [0.3, 0.4) is 0 Å². The second kappa shape index (κ2) is 13.4. The normalized spacial score (nSPS) is 14.1. The molecule has 3 N–H and O–H groups in total. The molecule has 0 saturated carbocycles. The minimum absolute atomic E-state index is 0.0455. The molecular formula is C17H33N2O6PS. The zero-order valence-electron chi connectivity index (χ0n) is 16.5. The lowest BCUT2D eigenvalue weighted by Gasteiger charge is -2.25. The van der Waals surface area contributed by atoms with Crippen molar-refractivity contribution in [2.24, 2.45) is 0 Å². The molecule has 1 rings (SSSR count). The summed E-state index contributed by atoms with van der Waals surface area (Å²) in [6.07, 6.45) is 6.37. The fourth-order valence-electron chi connectivity index (χ4n) is 2.42. The zero-order chi connectivity index (χ0) is 20.9. The van der Waals surface area contributed by atoms with E-state index in [2.05, 4.69) is 21.2 Å². The number of rotatable bonds is 12. The molecule has 0 bridgehead atoms. The molecule has 0 amide bonds.